The lowest BCUT2D eigenvalue weighted by atomic mass is 9.92. The van der Waals surface area contributed by atoms with E-state index in [1.54, 1.807) is 0 Å². The summed E-state index contributed by atoms with van der Waals surface area (Å²) < 4.78 is 64.3. The summed E-state index contributed by atoms with van der Waals surface area (Å²) >= 11 is 1.48. The van der Waals surface area contributed by atoms with E-state index in [1.807, 2.05) is 16.8 Å². The first-order valence-electron chi connectivity index (χ1n) is 7.40. The second-order valence-electron chi connectivity index (χ2n) is 5.80. The maximum absolute atomic E-state index is 12.7. The maximum atomic E-state index is 12.7. The highest BCUT2D eigenvalue weighted by Gasteiger charge is 2.40. The van der Waals surface area contributed by atoms with Gasteiger partial charge in [-0.1, -0.05) is 0 Å². The molecular formula is C15H15F3N2O3S2. The minimum atomic E-state index is -4.62. The van der Waals surface area contributed by atoms with Crippen molar-refractivity contribution in [3.63, 3.8) is 0 Å². The molecule has 2 atom stereocenters. The van der Waals surface area contributed by atoms with Gasteiger partial charge in [0.25, 0.3) is 0 Å². The Morgan fingerprint density at radius 3 is 2.56 bits per heavy atom. The van der Waals surface area contributed by atoms with Gasteiger partial charge in [-0.2, -0.15) is 28.8 Å². The molecule has 2 aromatic rings. The first-order chi connectivity index (χ1) is 11.7. The van der Waals surface area contributed by atoms with Crippen LogP contribution in [0.2, 0.25) is 0 Å². The van der Waals surface area contributed by atoms with Crippen molar-refractivity contribution in [2.45, 2.75) is 17.0 Å². The van der Waals surface area contributed by atoms with Crippen molar-refractivity contribution >= 4 is 21.4 Å². The molecule has 0 aromatic carbocycles. The summed E-state index contributed by atoms with van der Waals surface area (Å²) in [6, 6.07) is 3.45. The summed E-state index contributed by atoms with van der Waals surface area (Å²) in [4.78, 5) is 2.93. The molecule has 1 N–H and O–H groups in total. The minimum absolute atomic E-state index is 0.111. The van der Waals surface area contributed by atoms with Gasteiger partial charge in [-0.05, 0) is 34.5 Å². The van der Waals surface area contributed by atoms with Crippen molar-refractivity contribution in [1.82, 2.24) is 9.29 Å². The number of aliphatic hydroxyl groups is 1. The molecule has 3 rings (SSSR count). The molecule has 2 aromatic heterocycles. The molecule has 1 saturated heterocycles. The molecule has 1 fully saturated rings. The van der Waals surface area contributed by atoms with Gasteiger partial charge in [0.15, 0.2) is 0 Å². The van der Waals surface area contributed by atoms with Crippen molar-refractivity contribution in [3.05, 3.63) is 46.4 Å². The number of pyridine rings is 1. The van der Waals surface area contributed by atoms with E-state index in [0.717, 1.165) is 17.8 Å². The third kappa shape index (κ3) is 3.57. The van der Waals surface area contributed by atoms with E-state index in [0.29, 0.717) is 6.07 Å². The average molecular weight is 392 g/mol. The lowest BCUT2D eigenvalue weighted by molar-refractivity contribution is -0.141. The van der Waals surface area contributed by atoms with Crippen LogP contribution in [-0.4, -0.2) is 42.5 Å². The Morgan fingerprint density at radius 2 is 2.04 bits per heavy atom. The van der Waals surface area contributed by atoms with E-state index >= 15 is 0 Å². The van der Waals surface area contributed by atoms with Crippen molar-refractivity contribution in [2.24, 2.45) is 5.92 Å². The van der Waals surface area contributed by atoms with Gasteiger partial charge in [0.1, 0.15) is 10.6 Å². The van der Waals surface area contributed by atoms with Crippen LogP contribution in [0, 0.1) is 5.92 Å². The van der Waals surface area contributed by atoms with Crippen molar-refractivity contribution < 1.29 is 26.7 Å². The summed E-state index contributed by atoms with van der Waals surface area (Å²) in [5.41, 5.74) is -0.190. The van der Waals surface area contributed by atoms with Crippen LogP contribution in [0.5, 0.6) is 0 Å². The smallest absolute Gasteiger partial charge is 0.396 e. The van der Waals surface area contributed by atoms with Gasteiger partial charge in [-0.25, -0.2) is 8.42 Å². The van der Waals surface area contributed by atoms with Gasteiger partial charge < -0.3 is 5.11 Å². The summed E-state index contributed by atoms with van der Waals surface area (Å²) in [5.74, 6) is -0.403. The van der Waals surface area contributed by atoms with Gasteiger partial charge in [0.2, 0.25) is 10.0 Å². The van der Waals surface area contributed by atoms with E-state index in [-0.39, 0.29) is 36.4 Å². The van der Waals surface area contributed by atoms with Crippen LogP contribution in [0.4, 0.5) is 13.2 Å². The molecule has 1 aliphatic heterocycles. The van der Waals surface area contributed by atoms with Crippen LogP contribution < -0.4 is 0 Å². The highest BCUT2D eigenvalue weighted by atomic mass is 32.2. The Hall–Kier alpha value is -1.49. The van der Waals surface area contributed by atoms with Gasteiger partial charge in [-0.3, -0.25) is 4.98 Å². The predicted molar refractivity (Wildman–Crippen MR) is 85.6 cm³/mol. The molecule has 10 heteroatoms. The molecule has 0 radical (unpaired) electrons. The number of aromatic nitrogens is 1. The molecule has 0 unspecified atom stereocenters. The predicted octanol–water partition coefficient (Wildman–Crippen LogP) is 2.56. The number of hydrogen-bond donors (Lipinski definition) is 1. The molecule has 5 nitrogen and oxygen atoms in total. The quantitative estimate of drug-likeness (QED) is 0.868. The van der Waals surface area contributed by atoms with E-state index in [4.69, 9.17) is 0 Å². The molecule has 0 bridgehead atoms. The topological polar surface area (TPSA) is 70.5 Å². The van der Waals surface area contributed by atoms with E-state index < -0.39 is 21.9 Å². The number of rotatable bonds is 4. The third-order valence-corrected chi connectivity index (χ3v) is 6.79. The number of sulfonamides is 1. The van der Waals surface area contributed by atoms with Crippen LogP contribution in [-0.2, 0) is 16.2 Å². The number of nitrogens with zero attached hydrogens (tertiary/aromatic N) is 2. The fourth-order valence-electron chi connectivity index (χ4n) is 2.93. The first kappa shape index (κ1) is 18.3. The van der Waals surface area contributed by atoms with E-state index in [2.05, 4.69) is 4.98 Å². The molecule has 0 aliphatic carbocycles. The Balaban J connectivity index is 1.85. The van der Waals surface area contributed by atoms with Crippen molar-refractivity contribution in [1.29, 1.82) is 0 Å². The summed E-state index contributed by atoms with van der Waals surface area (Å²) in [6.07, 6.45) is -3.90. The Labute approximate surface area is 146 Å². The number of alkyl halides is 3. The molecule has 3 heterocycles. The van der Waals surface area contributed by atoms with Crippen LogP contribution in [0.1, 0.15) is 17.2 Å². The fourth-order valence-corrected chi connectivity index (χ4v) is 5.12. The monoisotopic (exact) mass is 392 g/mol. The lowest BCUT2D eigenvalue weighted by Gasteiger charge is -2.16. The SMILES string of the molecule is O=S(=O)(c1ccc(C(F)(F)F)nc1)N1C[C@@H](CO)[C@H](c2ccsc2)C1. The summed E-state index contributed by atoms with van der Waals surface area (Å²) in [7, 11) is -3.97. The Morgan fingerprint density at radius 1 is 1.28 bits per heavy atom. The average Bonchev–Trinajstić information content (AvgIpc) is 3.23. The standard InChI is InChI=1S/C15H15F3N2O3S2/c16-15(17,18)14-2-1-12(5-19-14)25(22,23)20-6-11(8-21)13(7-20)10-3-4-24-9-10/h1-5,9,11,13,21H,6-8H2/t11-,13-/m0/s1. The first-order valence-corrected chi connectivity index (χ1v) is 9.78. The summed E-state index contributed by atoms with van der Waals surface area (Å²) in [5, 5.41) is 13.3. The largest absolute Gasteiger partial charge is 0.433 e. The normalized spacial score (nSPS) is 22.4. The zero-order valence-corrected chi connectivity index (χ0v) is 14.5. The van der Waals surface area contributed by atoms with Crippen molar-refractivity contribution in [3.8, 4) is 0 Å². The minimum Gasteiger partial charge on any atom is -0.396 e. The number of aliphatic hydroxyl groups excluding tert-OH is 1. The zero-order chi connectivity index (χ0) is 18.2. The Kier molecular flexibility index (Phi) is 4.89. The molecule has 136 valence electrons. The second-order valence-corrected chi connectivity index (χ2v) is 8.52. The van der Waals surface area contributed by atoms with E-state index in [1.165, 1.54) is 15.6 Å². The molecule has 0 saturated carbocycles. The lowest BCUT2D eigenvalue weighted by Crippen LogP contribution is -2.29. The molecular weight excluding hydrogens is 377 g/mol. The maximum Gasteiger partial charge on any atom is 0.433 e. The highest BCUT2D eigenvalue weighted by Crippen LogP contribution is 2.36. The molecule has 1 aliphatic rings. The molecule has 25 heavy (non-hydrogen) atoms. The number of thiophene rings is 1. The molecule has 0 amide bonds. The van der Waals surface area contributed by atoms with Gasteiger partial charge in [0.05, 0.1) is 0 Å². The summed E-state index contributed by atoms with van der Waals surface area (Å²) in [6.45, 7) is 0.115. The number of halogens is 3. The number of hydrogen-bond acceptors (Lipinski definition) is 5. The Bertz CT molecular complexity index is 821. The second kappa shape index (κ2) is 6.67. The van der Waals surface area contributed by atoms with Gasteiger partial charge >= 0.3 is 6.18 Å². The van der Waals surface area contributed by atoms with Crippen LogP contribution in [0.15, 0.2) is 40.1 Å². The van der Waals surface area contributed by atoms with Crippen LogP contribution in [0.3, 0.4) is 0 Å². The van der Waals surface area contributed by atoms with Crippen LogP contribution in [0.25, 0.3) is 0 Å². The van der Waals surface area contributed by atoms with Crippen molar-refractivity contribution in [2.75, 3.05) is 19.7 Å². The van der Waals surface area contributed by atoms with Gasteiger partial charge in [-0.15, -0.1) is 0 Å². The van der Waals surface area contributed by atoms with Gasteiger partial charge in [0, 0.05) is 37.7 Å². The third-order valence-electron chi connectivity index (χ3n) is 4.28. The molecule has 0 spiro atoms. The fraction of sp³-hybridized carbons (Fsp3) is 0.400. The van der Waals surface area contributed by atoms with E-state index in [9.17, 15) is 26.7 Å². The van der Waals surface area contributed by atoms with Crippen LogP contribution >= 0.6 is 11.3 Å². The highest BCUT2D eigenvalue weighted by molar-refractivity contribution is 7.89. The zero-order valence-electron chi connectivity index (χ0n) is 12.8.